The zero-order valence-electron chi connectivity index (χ0n) is 15.6. The summed E-state index contributed by atoms with van der Waals surface area (Å²) in [6.45, 7) is 3.05. The third kappa shape index (κ3) is 4.30. The summed E-state index contributed by atoms with van der Waals surface area (Å²) < 4.78 is 37.4. The molecule has 0 spiro atoms. The van der Waals surface area contributed by atoms with E-state index in [2.05, 4.69) is 5.32 Å². The number of ether oxygens (including phenoxy) is 2. The molecule has 0 atom stereocenters. The van der Waals surface area contributed by atoms with E-state index in [1.807, 2.05) is 0 Å². The van der Waals surface area contributed by atoms with Crippen LogP contribution in [0.25, 0.3) is 0 Å². The number of benzene rings is 2. The summed E-state index contributed by atoms with van der Waals surface area (Å²) in [5.41, 5.74) is 1.43. The summed E-state index contributed by atoms with van der Waals surface area (Å²) in [4.78, 5) is 12.8. The molecule has 1 heterocycles. The van der Waals surface area contributed by atoms with Gasteiger partial charge in [0, 0.05) is 24.3 Å². The largest absolute Gasteiger partial charge is 0.495 e. The number of anilines is 1. The van der Waals surface area contributed by atoms with Gasteiger partial charge in [0.15, 0.2) is 0 Å². The molecule has 2 aromatic carbocycles. The minimum atomic E-state index is -3.69. The SMILES string of the molecule is COc1ccc(NC(=O)c2cc(S(=O)(=O)N3CCOCC3)ccc2C)cc1Cl. The maximum absolute atomic E-state index is 12.9. The normalized spacial score (nSPS) is 15.2. The Morgan fingerprint density at radius 2 is 1.89 bits per heavy atom. The molecule has 2 aromatic rings. The highest BCUT2D eigenvalue weighted by Gasteiger charge is 2.27. The van der Waals surface area contributed by atoms with Gasteiger partial charge in [-0.1, -0.05) is 17.7 Å². The highest BCUT2D eigenvalue weighted by Crippen LogP contribution is 2.28. The molecule has 1 amide bonds. The van der Waals surface area contributed by atoms with Crippen molar-refractivity contribution in [3.63, 3.8) is 0 Å². The quantitative estimate of drug-likeness (QED) is 0.797. The summed E-state index contributed by atoms with van der Waals surface area (Å²) >= 11 is 6.09. The summed E-state index contributed by atoms with van der Waals surface area (Å²) in [5, 5.41) is 3.10. The Morgan fingerprint density at radius 1 is 1.18 bits per heavy atom. The van der Waals surface area contributed by atoms with Crippen molar-refractivity contribution in [3.8, 4) is 5.75 Å². The van der Waals surface area contributed by atoms with E-state index in [9.17, 15) is 13.2 Å². The van der Waals surface area contributed by atoms with Crippen LogP contribution in [0.1, 0.15) is 15.9 Å². The van der Waals surface area contributed by atoms with Crippen LogP contribution in [0.3, 0.4) is 0 Å². The Kier molecular flexibility index (Phi) is 6.24. The number of sulfonamides is 1. The fraction of sp³-hybridized carbons (Fsp3) is 0.316. The predicted octanol–water partition coefficient (Wildman–Crippen LogP) is 2.93. The lowest BCUT2D eigenvalue weighted by Gasteiger charge is -2.26. The van der Waals surface area contributed by atoms with Crippen molar-refractivity contribution in [2.45, 2.75) is 11.8 Å². The van der Waals surface area contributed by atoms with E-state index in [1.54, 1.807) is 31.2 Å². The number of morpholine rings is 1. The second kappa shape index (κ2) is 8.48. The zero-order chi connectivity index (χ0) is 20.3. The van der Waals surface area contributed by atoms with Gasteiger partial charge in [0.25, 0.3) is 5.91 Å². The number of methoxy groups -OCH3 is 1. The molecule has 0 aliphatic carbocycles. The van der Waals surface area contributed by atoms with Crippen LogP contribution in [0.2, 0.25) is 5.02 Å². The number of hydrogen-bond donors (Lipinski definition) is 1. The molecule has 150 valence electrons. The molecule has 1 aliphatic rings. The second-order valence-electron chi connectivity index (χ2n) is 6.30. The van der Waals surface area contributed by atoms with Crippen LogP contribution in [0.15, 0.2) is 41.3 Å². The van der Waals surface area contributed by atoms with E-state index in [1.165, 1.54) is 23.5 Å². The van der Waals surface area contributed by atoms with Crippen LogP contribution in [0.4, 0.5) is 5.69 Å². The number of aryl methyl sites for hydroxylation is 1. The van der Waals surface area contributed by atoms with Crippen molar-refractivity contribution in [2.24, 2.45) is 0 Å². The Labute approximate surface area is 169 Å². The van der Waals surface area contributed by atoms with Crippen LogP contribution < -0.4 is 10.1 Å². The summed E-state index contributed by atoms with van der Waals surface area (Å²) in [6.07, 6.45) is 0. The number of halogens is 1. The molecule has 1 fully saturated rings. The van der Waals surface area contributed by atoms with Crippen molar-refractivity contribution in [1.82, 2.24) is 4.31 Å². The first kappa shape index (κ1) is 20.6. The Morgan fingerprint density at radius 3 is 2.54 bits per heavy atom. The summed E-state index contributed by atoms with van der Waals surface area (Å²) in [5.74, 6) is 0.0761. The van der Waals surface area contributed by atoms with Crippen LogP contribution in [0.5, 0.6) is 5.75 Å². The van der Waals surface area contributed by atoms with Crippen molar-refractivity contribution >= 4 is 33.2 Å². The van der Waals surface area contributed by atoms with Crippen molar-refractivity contribution in [2.75, 3.05) is 38.7 Å². The Hall–Kier alpha value is -2.13. The van der Waals surface area contributed by atoms with Gasteiger partial charge in [-0.05, 0) is 42.8 Å². The van der Waals surface area contributed by atoms with Gasteiger partial charge in [-0.3, -0.25) is 4.79 Å². The molecular formula is C19H21ClN2O5S. The first-order chi connectivity index (χ1) is 13.3. The number of amides is 1. The molecule has 28 heavy (non-hydrogen) atoms. The van der Waals surface area contributed by atoms with E-state index in [4.69, 9.17) is 21.1 Å². The Bertz CT molecular complexity index is 988. The number of carbonyl (C=O) groups is 1. The fourth-order valence-corrected chi connectivity index (χ4v) is 4.58. The molecule has 0 aromatic heterocycles. The van der Waals surface area contributed by atoms with Crippen molar-refractivity contribution in [3.05, 3.63) is 52.5 Å². The topological polar surface area (TPSA) is 84.9 Å². The van der Waals surface area contributed by atoms with Gasteiger partial charge in [-0.25, -0.2) is 8.42 Å². The molecule has 0 saturated carbocycles. The maximum Gasteiger partial charge on any atom is 0.255 e. The van der Waals surface area contributed by atoms with Gasteiger partial charge in [0.1, 0.15) is 5.75 Å². The van der Waals surface area contributed by atoms with Gasteiger partial charge < -0.3 is 14.8 Å². The average molecular weight is 425 g/mol. The molecule has 3 rings (SSSR count). The molecule has 9 heteroatoms. The molecule has 1 aliphatic heterocycles. The van der Waals surface area contributed by atoms with Gasteiger partial charge in [-0.15, -0.1) is 0 Å². The van der Waals surface area contributed by atoms with E-state index >= 15 is 0 Å². The zero-order valence-corrected chi connectivity index (χ0v) is 17.1. The van der Waals surface area contributed by atoms with E-state index in [-0.39, 0.29) is 10.5 Å². The standard InChI is InChI=1S/C19H21ClN2O5S/c1-13-3-5-15(28(24,25)22-7-9-27-10-8-22)12-16(13)19(23)21-14-4-6-18(26-2)17(20)11-14/h3-6,11-12H,7-10H2,1-2H3,(H,21,23). The molecular weight excluding hydrogens is 404 g/mol. The lowest BCUT2D eigenvalue weighted by molar-refractivity contribution is 0.0730. The van der Waals surface area contributed by atoms with Crippen LogP contribution in [0, 0.1) is 6.92 Å². The van der Waals surface area contributed by atoms with Crippen LogP contribution in [-0.4, -0.2) is 52.0 Å². The average Bonchev–Trinajstić information content (AvgIpc) is 2.69. The van der Waals surface area contributed by atoms with Crippen molar-refractivity contribution < 1.29 is 22.7 Å². The van der Waals surface area contributed by atoms with Crippen LogP contribution in [-0.2, 0) is 14.8 Å². The first-order valence-corrected chi connectivity index (χ1v) is 10.5. The lowest BCUT2D eigenvalue weighted by Crippen LogP contribution is -2.40. The molecule has 0 unspecified atom stereocenters. The highest BCUT2D eigenvalue weighted by molar-refractivity contribution is 7.89. The monoisotopic (exact) mass is 424 g/mol. The Balaban J connectivity index is 1.86. The number of nitrogens with one attached hydrogen (secondary N) is 1. The van der Waals surface area contributed by atoms with Crippen LogP contribution >= 0.6 is 11.6 Å². The second-order valence-corrected chi connectivity index (χ2v) is 8.64. The number of rotatable bonds is 5. The lowest BCUT2D eigenvalue weighted by atomic mass is 10.1. The van der Waals surface area contributed by atoms with Crippen molar-refractivity contribution in [1.29, 1.82) is 0 Å². The molecule has 0 bridgehead atoms. The first-order valence-electron chi connectivity index (χ1n) is 8.66. The molecule has 1 saturated heterocycles. The number of carbonyl (C=O) groups excluding carboxylic acids is 1. The third-order valence-electron chi connectivity index (χ3n) is 4.47. The summed E-state index contributed by atoms with van der Waals surface area (Å²) in [7, 11) is -2.18. The molecule has 7 nitrogen and oxygen atoms in total. The highest BCUT2D eigenvalue weighted by atomic mass is 35.5. The number of hydrogen-bond acceptors (Lipinski definition) is 5. The van der Waals surface area contributed by atoms with E-state index in [0.717, 1.165) is 0 Å². The fourth-order valence-electron chi connectivity index (χ4n) is 2.88. The van der Waals surface area contributed by atoms with Gasteiger partial charge in [0.05, 0.1) is 30.2 Å². The van der Waals surface area contributed by atoms with Gasteiger partial charge >= 0.3 is 0 Å². The van der Waals surface area contributed by atoms with Gasteiger partial charge in [-0.2, -0.15) is 4.31 Å². The summed E-state index contributed by atoms with van der Waals surface area (Å²) in [6, 6.07) is 9.42. The molecule has 1 N–H and O–H groups in total. The predicted molar refractivity (Wildman–Crippen MR) is 107 cm³/mol. The van der Waals surface area contributed by atoms with Gasteiger partial charge in [0.2, 0.25) is 10.0 Å². The maximum atomic E-state index is 12.9. The van der Waals surface area contributed by atoms with E-state index < -0.39 is 15.9 Å². The minimum Gasteiger partial charge on any atom is -0.495 e. The number of nitrogens with zero attached hydrogens (tertiary/aromatic N) is 1. The third-order valence-corrected chi connectivity index (χ3v) is 6.66. The smallest absolute Gasteiger partial charge is 0.255 e. The minimum absolute atomic E-state index is 0.0814. The molecule has 0 radical (unpaired) electrons. The van der Waals surface area contributed by atoms with E-state index in [0.29, 0.717) is 48.3 Å².